The van der Waals surface area contributed by atoms with Crippen LogP contribution in [0.2, 0.25) is 0 Å². The van der Waals surface area contributed by atoms with Crippen LogP contribution in [0.3, 0.4) is 0 Å². The van der Waals surface area contributed by atoms with Crippen molar-refractivity contribution in [1.82, 2.24) is 4.31 Å². The summed E-state index contributed by atoms with van der Waals surface area (Å²) >= 11 is 0. The van der Waals surface area contributed by atoms with Gasteiger partial charge in [0.2, 0.25) is 10.0 Å². The van der Waals surface area contributed by atoms with Gasteiger partial charge < -0.3 is 10.2 Å². The molecule has 3 rings (SSSR count). The molecule has 0 spiro atoms. The van der Waals surface area contributed by atoms with Crippen molar-refractivity contribution in [2.45, 2.75) is 24.2 Å². The van der Waals surface area contributed by atoms with Gasteiger partial charge in [0, 0.05) is 44.1 Å². The van der Waals surface area contributed by atoms with Gasteiger partial charge in [-0.25, -0.2) is 8.42 Å². The Balaban J connectivity index is 1.77. The van der Waals surface area contributed by atoms with Crippen molar-refractivity contribution >= 4 is 27.3 Å². The third kappa shape index (κ3) is 4.48. The smallest absolute Gasteiger partial charge is 0.255 e. The molecule has 0 aliphatic carbocycles. The molecule has 1 saturated heterocycles. The average Bonchev–Trinajstić information content (AvgIpc) is 2.69. The Morgan fingerprint density at radius 3 is 2.30 bits per heavy atom. The number of nitrogens with one attached hydrogen (secondary N) is 1. The monoisotopic (exact) mass is 387 g/mol. The van der Waals surface area contributed by atoms with E-state index in [1.54, 1.807) is 18.2 Å². The molecule has 1 N–H and O–H groups in total. The van der Waals surface area contributed by atoms with Crippen LogP contribution in [0.25, 0.3) is 0 Å². The highest BCUT2D eigenvalue weighted by atomic mass is 32.2. The number of benzene rings is 2. The highest BCUT2D eigenvalue weighted by molar-refractivity contribution is 7.89. The molecule has 144 valence electrons. The van der Waals surface area contributed by atoms with Gasteiger partial charge in [-0.15, -0.1) is 0 Å². The zero-order chi connectivity index (χ0) is 19.4. The van der Waals surface area contributed by atoms with E-state index in [2.05, 4.69) is 5.32 Å². The standard InChI is InChI=1S/C20H25N3O3S/c1-22(2)18-11-9-17(10-12-18)21-20(24)16-7-6-8-19(15-16)27(25,26)23-13-4-3-5-14-23/h6-12,15H,3-5,13-14H2,1-2H3,(H,21,24). The van der Waals surface area contributed by atoms with E-state index in [0.717, 1.165) is 24.9 Å². The summed E-state index contributed by atoms with van der Waals surface area (Å²) < 4.78 is 27.1. The Bertz CT molecular complexity index is 902. The maximum absolute atomic E-state index is 12.8. The Morgan fingerprint density at radius 2 is 1.67 bits per heavy atom. The Labute approximate surface area is 160 Å². The van der Waals surface area contributed by atoms with Crippen LogP contribution in [0.5, 0.6) is 0 Å². The fourth-order valence-electron chi connectivity index (χ4n) is 3.10. The molecule has 1 aliphatic rings. The molecule has 27 heavy (non-hydrogen) atoms. The largest absolute Gasteiger partial charge is 0.378 e. The van der Waals surface area contributed by atoms with Gasteiger partial charge in [0.1, 0.15) is 0 Å². The van der Waals surface area contributed by atoms with Gasteiger partial charge in [-0.05, 0) is 55.3 Å². The second kappa shape index (κ2) is 8.10. The van der Waals surface area contributed by atoms with Gasteiger partial charge >= 0.3 is 0 Å². The topological polar surface area (TPSA) is 69.7 Å². The molecule has 1 heterocycles. The number of carbonyl (C=O) groups excluding carboxylic acids is 1. The van der Waals surface area contributed by atoms with E-state index in [4.69, 9.17) is 0 Å². The van der Waals surface area contributed by atoms with E-state index in [9.17, 15) is 13.2 Å². The van der Waals surface area contributed by atoms with Gasteiger partial charge in [0.25, 0.3) is 5.91 Å². The predicted octanol–water partition coefficient (Wildman–Crippen LogP) is 3.18. The molecule has 0 atom stereocenters. The Hall–Kier alpha value is -2.38. The normalized spacial score (nSPS) is 15.3. The summed E-state index contributed by atoms with van der Waals surface area (Å²) in [6, 6.07) is 13.7. The second-order valence-corrected chi connectivity index (χ2v) is 8.83. The molecular weight excluding hydrogens is 362 g/mol. The molecule has 7 heteroatoms. The van der Waals surface area contributed by atoms with Crippen molar-refractivity contribution < 1.29 is 13.2 Å². The molecule has 0 unspecified atom stereocenters. The van der Waals surface area contributed by atoms with Crippen LogP contribution in [0, 0.1) is 0 Å². The molecule has 1 fully saturated rings. The lowest BCUT2D eigenvalue weighted by Gasteiger charge is -2.26. The number of carbonyl (C=O) groups is 1. The molecule has 2 aromatic rings. The number of rotatable bonds is 5. The average molecular weight is 388 g/mol. The lowest BCUT2D eigenvalue weighted by Crippen LogP contribution is -2.35. The number of sulfonamides is 1. The van der Waals surface area contributed by atoms with Crippen LogP contribution in [-0.2, 0) is 10.0 Å². The lowest BCUT2D eigenvalue weighted by atomic mass is 10.2. The van der Waals surface area contributed by atoms with Crippen LogP contribution >= 0.6 is 0 Å². The quantitative estimate of drug-likeness (QED) is 0.855. The molecule has 0 bridgehead atoms. The zero-order valence-electron chi connectivity index (χ0n) is 15.7. The number of hydrogen-bond donors (Lipinski definition) is 1. The van der Waals surface area contributed by atoms with E-state index in [-0.39, 0.29) is 10.8 Å². The first-order valence-electron chi connectivity index (χ1n) is 9.07. The predicted molar refractivity (Wildman–Crippen MR) is 108 cm³/mol. The Kier molecular flexibility index (Phi) is 5.82. The summed E-state index contributed by atoms with van der Waals surface area (Å²) in [7, 11) is 0.334. The first-order chi connectivity index (χ1) is 12.9. The highest BCUT2D eigenvalue weighted by Gasteiger charge is 2.26. The fraction of sp³-hybridized carbons (Fsp3) is 0.350. The van der Waals surface area contributed by atoms with E-state index >= 15 is 0 Å². The minimum Gasteiger partial charge on any atom is -0.378 e. The third-order valence-corrected chi connectivity index (χ3v) is 6.59. The maximum Gasteiger partial charge on any atom is 0.255 e. The van der Waals surface area contributed by atoms with Crippen molar-refractivity contribution in [2.24, 2.45) is 0 Å². The maximum atomic E-state index is 12.8. The summed E-state index contributed by atoms with van der Waals surface area (Å²) in [6.45, 7) is 1.08. The first kappa shape index (κ1) is 19.4. The fourth-order valence-corrected chi connectivity index (χ4v) is 4.66. The first-order valence-corrected chi connectivity index (χ1v) is 10.5. The van der Waals surface area contributed by atoms with E-state index in [1.165, 1.54) is 10.4 Å². The van der Waals surface area contributed by atoms with Crippen molar-refractivity contribution in [3.05, 3.63) is 54.1 Å². The van der Waals surface area contributed by atoms with E-state index in [0.29, 0.717) is 24.3 Å². The number of amides is 1. The number of piperidine rings is 1. The van der Waals surface area contributed by atoms with Crippen LogP contribution in [0.1, 0.15) is 29.6 Å². The summed E-state index contributed by atoms with van der Waals surface area (Å²) in [5.74, 6) is -0.330. The van der Waals surface area contributed by atoms with Crippen LogP contribution in [-0.4, -0.2) is 45.8 Å². The van der Waals surface area contributed by atoms with Crippen molar-refractivity contribution in [1.29, 1.82) is 0 Å². The van der Waals surface area contributed by atoms with Crippen molar-refractivity contribution in [3.8, 4) is 0 Å². The summed E-state index contributed by atoms with van der Waals surface area (Å²) in [4.78, 5) is 14.7. The van der Waals surface area contributed by atoms with Crippen molar-refractivity contribution in [2.75, 3.05) is 37.4 Å². The summed E-state index contributed by atoms with van der Waals surface area (Å²) in [6.07, 6.45) is 2.81. The minimum atomic E-state index is -3.56. The summed E-state index contributed by atoms with van der Waals surface area (Å²) in [5, 5.41) is 2.82. The van der Waals surface area contributed by atoms with Gasteiger partial charge in [-0.2, -0.15) is 4.31 Å². The molecular formula is C20H25N3O3S. The minimum absolute atomic E-state index is 0.167. The van der Waals surface area contributed by atoms with Crippen LogP contribution < -0.4 is 10.2 Å². The van der Waals surface area contributed by atoms with Gasteiger partial charge in [0.15, 0.2) is 0 Å². The van der Waals surface area contributed by atoms with Crippen molar-refractivity contribution in [3.63, 3.8) is 0 Å². The van der Waals surface area contributed by atoms with Gasteiger partial charge in [-0.1, -0.05) is 12.5 Å². The summed E-state index contributed by atoms with van der Waals surface area (Å²) in [5.41, 5.74) is 2.02. The van der Waals surface area contributed by atoms with Gasteiger partial charge in [-0.3, -0.25) is 4.79 Å². The number of hydrogen-bond acceptors (Lipinski definition) is 4. The number of nitrogens with zero attached hydrogens (tertiary/aromatic N) is 2. The molecule has 0 saturated carbocycles. The molecule has 2 aromatic carbocycles. The molecule has 1 amide bonds. The van der Waals surface area contributed by atoms with E-state index < -0.39 is 10.0 Å². The molecule has 0 aromatic heterocycles. The molecule has 6 nitrogen and oxygen atoms in total. The van der Waals surface area contributed by atoms with E-state index in [1.807, 2.05) is 43.3 Å². The SMILES string of the molecule is CN(C)c1ccc(NC(=O)c2cccc(S(=O)(=O)N3CCCCC3)c2)cc1. The number of anilines is 2. The highest BCUT2D eigenvalue weighted by Crippen LogP contribution is 2.22. The lowest BCUT2D eigenvalue weighted by molar-refractivity contribution is 0.102. The third-order valence-electron chi connectivity index (χ3n) is 4.69. The second-order valence-electron chi connectivity index (χ2n) is 6.89. The molecule has 0 radical (unpaired) electrons. The Morgan fingerprint density at radius 1 is 1.00 bits per heavy atom. The molecule has 1 aliphatic heterocycles. The van der Waals surface area contributed by atoms with Gasteiger partial charge in [0.05, 0.1) is 4.90 Å². The van der Waals surface area contributed by atoms with Crippen LogP contribution in [0.4, 0.5) is 11.4 Å². The van der Waals surface area contributed by atoms with Crippen LogP contribution in [0.15, 0.2) is 53.4 Å². The zero-order valence-corrected chi connectivity index (χ0v) is 16.5.